The molecule has 0 aromatic carbocycles. The van der Waals surface area contributed by atoms with Crippen molar-refractivity contribution in [2.45, 2.75) is 0 Å². The Hall–Kier alpha value is -0.937. The monoisotopic (exact) mass is 262 g/mol. The maximum Gasteiger partial charge on any atom is 0.265 e. The van der Waals surface area contributed by atoms with Crippen LogP contribution in [0.3, 0.4) is 0 Å². The fourth-order valence-electron chi connectivity index (χ4n) is 1.36. The second-order valence-corrected chi connectivity index (χ2v) is 3.03. The van der Waals surface area contributed by atoms with Crippen LogP contribution in [-0.4, -0.2) is 42.9 Å². The maximum absolute atomic E-state index is 11.0. The molecule has 1 aliphatic rings. The maximum atomic E-state index is 11.0. The van der Waals surface area contributed by atoms with Crippen molar-refractivity contribution in [3.8, 4) is 0 Å². The SMILES string of the molecule is NC(=O)/C=C(\C(N)=O)N1CCNCC1.[Zn]. The van der Waals surface area contributed by atoms with Crippen LogP contribution < -0.4 is 16.8 Å². The Morgan fingerprint density at radius 2 is 1.73 bits per heavy atom. The minimum Gasteiger partial charge on any atom is -0.366 e. The number of piperazine rings is 1. The van der Waals surface area contributed by atoms with E-state index in [9.17, 15) is 9.59 Å². The summed E-state index contributed by atoms with van der Waals surface area (Å²) in [5.74, 6) is -1.27. The predicted molar refractivity (Wildman–Crippen MR) is 50.9 cm³/mol. The summed E-state index contributed by atoms with van der Waals surface area (Å²) in [5.41, 5.74) is 10.3. The van der Waals surface area contributed by atoms with Crippen LogP contribution in [-0.2, 0) is 29.1 Å². The first-order chi connectivity index (χ1) is 6.61. The summed E-state index contributed by atoms with van der Waals surface area (Å²) in [6.45, 7) is 2.84. The van der Waals surface area contributed by atoms with E-state index in [0.717, 1.165) is 19.2 Å². The number of nitrogens with two attached hydrogens (primary N) is 2. The van der Waals surface area contributed by atoms with Crippen LogP contribution in [0.2, 0.25) is 0 Å². The van der Waals surface area contributed by atoms with E-state index in [1.54, 1.807) is 4.90 Å². The van der Waals surface area contributed by atoms with Crippen molar-refractivity contribution in [2.24, 2.45) is 11.5 Å². The smallest absolute Gasteiger partial charge is 0.265 e. The van der Waals surface area contributed by atoms with Gasteiger partial charge in [0, 0.05) is 51.7 Å². The molecule has 0 bridgehead atoms. The van der Waals surface area contributed by atoms with Crippen molar-refractivity contribution < 1.29 is 29.1 Å². The topological polar surface area (TPSA) is 101 Å². The zero-order chi connectivity index (χ0) is 10.6. The van der Waals surface area contributed by atoms with Gasteiger partial charge in [0.05, 0.1) is 0 Å². The molecule has 0 aliphatic carbocycles. The molecule has 7 heteroatoms. The van der Waals surface area contributed by atoms with Crippen LogP contribution in [0.5, 0.6) is 0 Å². The Morgan fingerprint density at radius 3 is 2.13 bits per heavy atom. The van der Waals surface area contributed by atoms with Gasteiger partial charge in [0.25, 0.3) is 5.91 Å². The van der Waals surface area contributed by atoms with Crippen LogP contribution in [0.1, 0.15) is 0 Å². The number of hydrogen-bond donors (Lipinski definition) is 3. The number of primary amides is 2. The number of nitrogens with zero attached hydrogens (tertiary/aromatic N) is 1. The number of amides is 2. The van der Waals surface area contributed by atoms with E-state index in [0.29, 0.717) is 13.1 Å². The van der Waals surface area contributed by atoms with Crippen molar-refractivity contribution in [1.29, 1.82) is 0 Å². The molecule has 1 rings (SSSR count). The second-order valence-electron chi connectivity index (χ2n) is 3.03. The van der Waals surface area contributed by atoms with Gasteiger partial charge in [0.15, 0.2) is 0 Å². The average molecular weight is 264 g/mol. The minimum atomic E-state index is -0.655. The van der Waals surface area contributed by atoms with E-state index in [1.807, 2.05) is 0 Å². The Balaban J connectivity index is 0.00000196. The fraction of sp³-hybridized carbons (Fsp3) is 0.500. The first-order valence-corrected chi connectivity index (χ1v) is 4.38. The Kier molecular flexibility index (Phi) is 6.12. The van der Waals surface area contributed by atoms with Crippen molar-refractivity contribution in [2.75, 3.05) is 26.2 Å². The van der Waals surface area contributed by atoms with Crippen LogP contribution >= 0.6 is 0 Å². The number of hydrogen-bond acceptors (Lipinski definition) is 4. The number of carbonyl (C=O) groups excluding carboxylic acids is 2. The van der Waals surface area contributed by atoms with Gasteiger partial charge in [-0.3, -0.25) is 9.59 Å². The molecule has 0 unspecified atom stereocenters. The van der Waals surface area contributed by atoms with E-state index in [2.05, 4.69) is 5.32 Å². The second kappa shape index (κ2) is 6.53. The van der Waals surface area contributed by atoms with Gasteiger partial charge in [-0.05, 0) is 0 Å². The van der Waals surface area contributed by atoms with Gasteiger partial charge >= 0.3 is 0 Å². The number of rotatable bonds is 3. The first kappa shape index (κ1) is 14.1. The van der Waals surface area contributed by atoms with Gasteiger partial charge in [-0.2, -0.15) is 0 Å². The van der Waals surface area contributed by atoms with Gasteiger partial charge < -0.3 is 21.7 Å². The van der Waals surface area contributed by atoms with Crippen molar-refractivity contribution >= 4 is 11.8 Å². The molecule has 0 atom stereocenters. The molecule has 1 saturated heterocycles. The predicted octanol–water partition coefficient (Wildman–Crippen LogP) is -2.26. The van der Waals surface area contributed by atoms with Crippen molar-refractivity contribution in [3.63, 3.8) is 0 Å². The van der Waals surface area contributed by atoms with Gasteiger partial charge in [-0.15, -0.1) is 0 Å². The number of carbonyl (C=O) groups is 2. The molecule has 2 amide bonds. The third-order valence-electron chi connectivity index (χ3n) is 1.99. The molecule has 5 N–H and O–H groups in total. The molecule has 1 heterocycles. The molecular weight excluding hydrogens is 250 g/mol. The molecule has 0 aromatic heterocycles. The zero-order valence-electron chi connectivity index (χ0n) is 8.53. The Bertz CT molecular complexity index is 274. The van der Waals surface area contributed by atoms with Gasteiger partial charge in [-0.1, -0.05) is 0 Å². The quantitative estimate of drug-likeness (QED) is 0.395. The van der Waals surface area contributed by atoms with Gasteiger partial charge in [0.1, 0.15) is 5.70 Å². The fourth-order valence-corrected chi connectivity index (χ4v) is 1.36. The molecule has 80 valence electrons. The summed E-state index contributed by atoms with van der Waals surface area (Å²) in [7, 11) is 0. The van der Waals surface area contributed by atoms with Crippen LogP contribution in [0.15, 0.2) is 11.8 Å². The third kappa shape index (κ3) is 4.40. The number of nitrogens with one attached hydrogen (secondary N) is 1. The summed E-state index contributed by atoms with van der Waals surface area (Å²) >= 11 is 0. The molecular formula is C8H14N4O2Zn. The van der Waals surface area contributed by atoms with Crippen molar-refractivity contribution in [3.05, 3.63) is 11.8 Å². The normalized spacial score (nSPS) is 16.8. The largest absolute Gasteiger partial charge is 0.366 e. The van der Waals surface area contributed by atoms with E-state index >= 15 is 0 Å². The minimum absolute atomic E-state index is 0. The summed E-state index contributed by atoms with van der Waals surface area (Å²) in [6.07, 6.45) is 1.08. The first-order valence-electron chi connectivity index (χ1n) is 4.38. The molecule has 0 radical (unpaired) electrons. The van der Waals surface area contributed by atoms with E-state index in [1.165, 1.54) is 0 Å². The van der Waals surface area contributed by atoms with E-state index in [4.69, 9.17) is 11.5 Å². The molecule has 1 aliphatic heterocycles. The average Bonchev–Trinajstić information content (AvgIpc) is 2.15. The molecule has 15 heavy (non-hydrogen) atoms. The van der Waals surface area contributed by atoms with Crippen molar-refractivity contribution in [1.82, 2.24) is 10.2 Å². The van der Waals surface area contributed by atoms with Gasteiger partial charge in [0.2, 0.25) is 5.91 Å². The third-order valence-corrected chi connectivity index (χ3v) is 1.99. The summed E-state index contributed by atoms with van der Waals surface area (Å²) < 4.78 is 0. The Labute approximate surface area is 101 Å². The van der Waals surface area contributed by atoms with E-state index in [-0.39, 0.29) is 25.2 Å². The zero-order valence-corrected chi connectivity index (χ0v) is 11.5. The van der Waals surface area contributed by atoms with Gasteiger partial charge in [-0.25, -0.2) is 0 Å². The molecule has 1 fully saturated rings. The standard InChI is InChI=1S/C8H14N4O2.Zn/c9-7(13)5-6(8(10)14)12-3-1-11-2-4-12;/h5,11H,1-4H2,(H2,9,13)(H2,10,14);/b6-5+;. The molecule has 0 saturated carbocycles. The molecule has 6 nitrogen and oxygen atoms in total. The Morgan fingerprint density at radius 1 is 1.20 bits per heavy atom. The van der Waals surface area contributed by atoms with Crippen LogP contribution in [0, 0.1) is 0 Å². The summed E-state index contributed by atoms with van der Waals surface area (Å²) in [5, 5.41) is 3.12. The van der Waals surface area contributed by atoms with E-state index < -0.39 is 11.8 Å². The van der Waals surface area contributed by atoms with Crippen LogP contribution in [0.25, 0.3) is 0 Å². The molecule has 0 spiro atoms. The van der Waals surface area contributed by atoms with Crippen LogP contribution in [0.4, 0.5) is 0 Å². The summed E-state index contributed by atoms with van der Waals surface area (Å²) in [4.78, 5) is 23.4. The molecule has 0 aromatic rings. The summed E-state index contributed by atoms with van der Waals surface area (Å²) in [6, 6.07) is 0.